The van der Waals surface area contributed by atoms with Crippen LogP contribution in [0.3, 0.4) is 0 Å². The number of carbonyl (C=O) groups excluding carboxylic acids is 3. The van der Waals surface area contributed by atoms with Crippen molar-refractivity contribution in [3.63, 3.8) is 0 Å². The average molecular weight is 1660 g/mol. The van der Waals surface area contributed by atoms with Crippen LogP contribution in [0.1, 0.15) is 141 Å². The number of aromatic nitrogens is 6. The molecule has 0 spiro atoms. The van der Waals surface area contributed by atoms with E-state index in [9.17, 15) is 60.1 Å². The number of nitrogens with one attached hydrogen (secondary N) is 2. The number of furan rings is 1. The van der Waals surface area contributed by atoms with Gasteiger partial charge >= 0.3 is 30.9 Å². The van der Waals surface area contributed by atoms with Gasteiger partial charge in [0.2, 0.25) is 17.3 Å². The Hall–Kier alpha value is -7.34. The minimum Gasteiger partial charge on any atom is -0.458 e. The molecule has 0 aliphatic heterocycles. The van der Waals surface area contributed by atoms with Gasteiger partial charge in [0.15, 0.2) is 5.76 Å². The van der Waals surface area contributed by atoms with E-state index in [1.165, 1.54) is 60.2 Å². The topological polar surface area (TPSA) is 481 Å². The van der Waals surface area contributed by atoms with Gasteiger partial charge in [0.05, 0.1) is 82.9 Å². The summed E-state index contributed by atoms with van der Waals surface area (Å²) in [6.45, 7) is 0.988. The standard InChI is InChI=1S/C24H26BrN3O6S.C23H25ClN4O6S2.C22H24ClN5O5S2/c1-14-17(5-15-3-2-4-19(25)7-15)10-23(34-14)24(30)20-11-27-13-28-21(20)8-16-6-18(22(29)9-16)12-33-35(26,31)32;24-16-3-1-2-13(5-16)4-14-7-20(35-21(14)10-29)22(31)18-9-26-12-27-23(18)28-17-6-15(19(30)8-17)11-34-36(25,32)33;23-15-3-1-2-12(4-15)20(24)14-6-19(34-10-14)21(30)17-8-26-11-27-22(17)28-16-5-13(18(29)7-16)9-33-35(25,31)32/h2-4,7,10-11,13,16,18,22,29H,5-6,8-9,12H2,1H3,(H2,26,31,32);1-3,5,7,9,12,15,17,19,29-30H,4,6,8,10-11H2,(H2,25,32,33)(H,26,27,28);1-4,6,8,10-11,13,16,18,20,29H,5,7,9,24H2,(H2,25,31,32)(H,26,27,28)/t16-,18+,22-;15-,17-,19+;13-,16-,18+,20?/m011/s1. The molecule has 37 heteroatoms. The molecule has 0 radical (unpaired) electrons. The minimum atomic E-state index is -4.11. The molecule has 6 aromatic heterocycles. The van der Waals surface area contributed by atoms with Gasteiger partial charge in [-0.05, 0) is 158 Å². The van der Waals surface area contributed by atoms with Gasteiger partial charge in [-0.3, -0.25) is 26.9 Å². The van der Waals surface area contributed by atoms with Crippen molar-refractivity contribution in [1.82, 2.24) is 29.9 Å². The van der Waals surface area contributed by atoms with Crippen molar-refractivity contribution in [2.75, 3.05) is 30.5 Å². The van der Waals surface area contributed by atoms with Crippen molar-refractivity contribution < 1.29 is 77.0 Å². The van der Waals surface area contributed by atoms with E-state index in [1.807, 2.05) is 66.9 Å². The summed E-state index contributed by atoms with van der Waals surface area (Å²) >= 11 is 18.1. The average Bonchev–Trinajstić information content (AvgIpc) is 1.65. The summed E-state index contributed by atoms with van der Waals surface area (Å²) < 4.78 is 87.1. The molecule has 9 aromatic rings. The largest absolute Gasteiger partial charge is 0.458 e. The Balaban J connectivity index is 0.000000170. The molecule has 29 nitrogen and oxygen atoms in total. The van der Waals surface area contributed by atoms with Crippen LogP contribution in [0.4, 0.5) is 11.6 Å². The maximum absolute atomic E-state index is 13.4. The van der Waals surface area contributed by atoms with E-state index in [4.69, 9.17) is 48.8 Å². The molecule has 6 heterocycles. The summed E-state index contributed by atoms with van der Waals surface area (Å²) in [5, 5.41) is 64.8. The number of carbonyl (C=O) groups is 3. The fourth-order valence-electron chi connectivity index (χ4n) is 12.8. The molecule has 3 aromatic carbocycles. The van der Waals surface area contributed by atoms with Crippen LogP contribution in [-0.2, 0) is 69.3 Å². The van der Waals surface area contributed by atoms with Crippen molar-refractivity contribution in [2.24, 2.45) is 44.8 Å². The highest BCUT2D eigenvalue weighted by molar-refractivity contribution is 9.10. The summed E-state index contributed by atoms with van der Waals surface area (Å²) in [7, 11) is -12.3. The zero-order chi connectivity index (χ0) is 76.2. The maximum atomic E-state index is 13.4. The highest BCUT2D eigenvalue weighted by atomic mass is 79.9. The second kappa shape index (κ2) is 36.2. The highest BCUT2D eigenvalue weighted by Crippen LogP contribution is 2.38. The molecule has 106 heavy (non-hydrogen) atoms. The number of hydrogen-bond acceptors (Lipinski definition) is 28. The number of hydrogen-bond donors (Lipinski definition) is 10. The molecule has 0 saturated heterocycles. The van der Waals surface area contributed by atoms with Crippen LogP contribution in [0.2, 0.25) is 10.0 Å². The maximum Gasteiger partial charge on any atom is 0.333 e. The lowest BCUT2D eigenvalue weighted by Crippen LogP contribution is -2.24. The first kappa shape index (κ1) is 81.2. The van der Waals surface area contributed by atoms with E-state index in [0.717, 1.165) is 37.9 Å². The van der Waals surface area contributed by atoms with Gasteiger partial charge in [-0.1, -0.05) is 75.5 Å². The first-order chi connectivity index (χ1) is 50.3. The number of nitrogens with two attached hydrogens (primary N) is 4. The Morgan fingerprint density at radius 2 is 1.12 bits per heavy atom. The molecule has 14 N–H and O–H groups in total. The Morgan fingerprint density at radius 3 is 1.68 bits per heavy atom. The fraction of sp³-hybridized carbons (Fsp3) is 0.348. The van der Waals surface area contributed by atoms with E-state index in [2.05, 4.69) is 69.0 Å². The van der Waals surface area contributed by atoms with Crippen molar-refractivity contribution >= 4 is 122 Å². The Labute approximate surface area is 637 Å². The predicted octanol–water partition coefficient (Wildman–Crippen LogP) is 7.63. The predicted molar refractivity (Wildman–Crippen MR) is 398 cm³/mol. The number of anilines is 2. The van der Waals surface area contributed by atoms with Gasteiger partial charge in [0.25, 0.3) is 0 Å². The number of aliphatic hydroxyl groups is 4. The summed E-state index contributed by atoms with van der Waals surface area (Å²) in [5.41, 5.74) is 13.2. The van der Waals surface area contributed by atoms with Crippen molar-refractivity contribution in [3.8, 4) is 0 Å². The molecule has 0 amide bonds. The van der Waals surface area contributed by atoms with Crippen LogP contribution in [0.25, 0.3) is 0 Å². The highest BCUT2D eigenvalue weighted by Gasteiger charge is 2.38. The number of thiophene rings is 2. The third-order valence-corrected chi connectivity index (χ3v) is 22.5. The zero-order valence-electron chi connectivity index (χ0n) is 56.4. The number of benzene rings is 3. The van der Waals surface area contributed by atoms with Crippen molar-refractivity contribution in [1.29, 1.82) is 0 Å². The van der Waals surface area contributed by atoms with Gasteiger partial charge in [-0.2, -0.15) is 25.3 Å². The third kappa shape index (κ3) is 22.9. The van der Waals surface area contributed by atoms with Crippen LogP contribution in [0.5, 0.6) is 0 Å². The number of aliphatic hydroxyl groups excluding tert-OH is 4. The van der Waals surface area contributed by atoms with Gasteiger partial charge < -0.3 is 41.2 Å². The molecule has 3 aliphatic rings. The number of halogens is 3. The molecule has 10 atom stereocenters. The zero-order valence-corrected chi connectivity index (χ0v) is 63.6. The number of nitrogens with zero attached hydrogens (tertiary/aromatic N) is 6. The van der Waals surface area contributed by atoms with Gasteiger partial charge in [0, 0.05) is 74.2 Å². The molecule has 3 aliphatic carbocycles. The summed E-state index contributed by atoms with van der Waals surface area (Å²) in [6, 6.07) is 26.9. The monoisotopic (exact) mass is 1650 g/mol. The number of ketones is 3. The second-order valence-electron chi connectivity index (χ2n) is 25.7. The van der Waals surface area contributed by atoms with Crippen LogP contribution < -0.4 is 31.8 Å². The smallest absolute Gasteiger partial charge is 0.333 e. The van der Waals surface area contributed by atoms with E-state index in [1.54, 1.807) is 36.4 Å². The molecule has 1 unspecified atom stereocenters. The van der Waals surface area contributed by atoms with E-state index < -0.39 is 67.1 Å². The quantitative estimate of drug-likeness (QED) is 0.0211. The minimum absolute atomic E-state index is 0.00838. The summed E-state index contributed by atoms with van der Waals surface area (Å²) in [4.78, 5) is 66.4. The lowest BCUT2D eigenvalue weighted by Gasteiger charge is -2.15. The molecule has 0 bridgehead atoms. The van der Waals surface area contributed by atoms with Crippen LogP contribution in [0, 0.1) is 30.6 Å². The van der Waals surface area contributed by atoms with E-state index >= 15 is 0 Å². The van der Waals surface area contributed by atoms with Crippen LogP contribution >= 0.6 is 61.8 Å². The third-order valence-electron chi connectivity index (χ3n) is 18.0. The molecule has 3 fully saturated rings. The van der Waals surface area contributed by atoms with Crippen molar-refractivity contribution in [2.45, 2.75) is 108 Å². The normalized spacial score (nSPS) is 20.4. The molecular formula is C69H75BrCl2N12O17S5. The molecule has 12 rings (SSSR count). The number of aryl methyl sites for hydroxylation is 1. The first-order valence-electron chi connectivity index (χ1n) is 32.8. The molecule has 564 valence electrons. The van der Waals surface area contributed by atoms with Gasteiger partial charge in [-0.15, -0.1) is 22.7 Å². The van der Waals surface area contributed by atoms with Gasteiger partial charge in [0.1, 0.15) is 36.4 Å². The first-order valence-corrected chi connectivity index (χ1v) is 40.5. The summed E-state index contributed by atoms with van der Waals surface area (Å²) in [5.74, 6) is -0.619. The Kier molecular flexibility index (Phi) is 27.8. The van der Waals surface area contributed by atoms with E-state index in [0.29, 0.717) is 111 Å². The van der Waals surface area contributed by atoms with Crippen LogP contribution in [-0.4, -0.2) is 143 Å². The lowest BCUT2D eigenvalue weighted by atomic mass is 9.96. The Morgan fingerprint density at radius 1 is 0.613 bits per heavy atom. The summed E-state index contributed by atoms with van der Waals surface area (Å²) in [6.07, 6.45) is 9.98. The fourth-order valence-corrected chi connectivity index (χ4v) is 16.7. The van der Waals surface area contributed by atoms with Crippen molar-refractivity contribution in [3.05, 3.63) is 230 Å². The second-order valence-corrected chi connectivity index (χ2v) is 33.2. The lowest BCUT2D eigenvalue weighted by molar-refractivity contribution is 0.0997. The molecule has 3 saturated carbocycles. The van der Waals surface area contributed by atoms with Crippen LogP contribution in [0.15, 0.2) is 143 Å². The molecular weight excluding hydrogens is 1580 g/mol. The SMILES string of the molecule is Cc1oc(C(=O)c2cncnc2C[C@@H]2C[C@H](COS(N)(=O)=O)[C@@H](O)C2)cc1Cc1cccc(Br)c1.NC(c1cccc(Cl)c1)c1csc(C(=O)c2cncnc2N[C@@H]2C[C@H](COS(N)(=O)=O)[C@@H](O)C2)c1.NS(=O)(=O)OC[C@H]1C[C@@H](Nc2ncncc2C(=O)c2cc(Cc3cccc(Cl)c3)c(CO)s2)C[C@@H]1O. The number of rotatable bonds is 28. The Bertz CT molecular complexity index is 4960. The van der Waals surface area contributed by atoms with E-state index in [-0.39, 0.29) is 84.6 Å². The van der Waals surface area contributed by atoms with Gasteiger partial charge in [-0.25, -0.2) is 45.3 Å².